The van der Waals surface area contributed by atoms with Gasteiger partial charge in [0.15, 0.2) is 12.4 Å². The van der Waals surface area contributed by atoms with Gasteiger partial charge in [0.25, 0.3) is 5.91 Å². The second kappa shape index (κ2) is 8.97. The van der Waals surface area contributed by atoms with Gasteiger partial charge >= 0.3 is 5.97 Å². The van der Waals surface area contributed by atoms with E-state index in [0.717, 1.165) is 12.8 Å². The highest BCUT2D eigenvalue weighted by molar-refractivity contribution is 7.12. The SMILES string of the molecule is C[C@H]1[C@@H](NC(=O)COC(=O)CCC(=O)c2cccs2)CCC[C@@H]1C. The summed E-state index contributed by atoms with van der Waals surface area (Å²) in [6.45, 7) is 4.08. The fourth-order valence-corrected chi connectivity index (χ4v) is 3.72. The smallest absolute Gasteiger partial charge is 0.306 e. The number of Topliss-reactive ketones (excluding diaryl/α,β-unsaturated/α-hetero) is 1. The van der Waals surface area contributed by atoms with Crippen LogP contribution in [-0.4, -0.2) is 30.3 Å². The van der Waals surface area contributed by atoms with Crippen molar-refractivity contribution in [2.75, 3.05) is 6.61 Å². The van der Waals surface area contributed by atoms with E-state index in [-0.39, 0.29) is 37.2 Å². The zero-order valence-corrected chi connectivity index (χ0v) is 15.1. The molecule has 0 aromatic carbocycles. The zero-order chi connectivity index (χ0) is 17.5. The van der Waals surface area contributed by atoms with Crippen LogP contribution in [0, 0.1) is 11.8 Å². The van der Waals surface area contributed by atoms with Gasteiger partial charge in [-0.15, -0.1) is 11.3 Å². The molecule has 0 spiro atoms. The Morgan fingerprint density at radius 1 is 1.25 bits per heavy atom. The first-order chi connectivity index (χ1) is 11.5. The van der Waals surface area contributed by atoms with Crippen molar-refractivity contribution in [3.8, 4) is 0 Å². The average Bonchev–Trinajstić information content (AvgIpc) is 3.09. The maximum absolute atomic E-state index is 11.9. The molecule has 132 valence electrons. The van der Waals surface area contributed by atoms with E-state index in [1.807, 2.05) is 5.38 Å². The lowest BCUT2D eigenvalue weighted by molar-refractivity contribution is -0.148. The third-order valence-electron chi connectivity index (χ3n) is 4.77. The molecule has 1 aliphatic rings. The molecular formula is C18H25NO4S. The molecule has 1 aromatic rings. The first kappa shape index (κ1) is 18.6. The highest BCUT2D eigenvalue weighted by Gasteiger charge is 2.28. The molecule has 1 aliphatic carbocycles. The number of ether oxygens (including phenoxy) is 1. The predicted octanol–water partition coefficient (Wildman–Crippen LogP) is 3.20. The summed E-state index contributed by atoms with van der Waals surface area (Å²) in [7, 11) is 0. The maximum atomic E-state index is 11.9. The van der Waals surface area contributed by atoms with Crippen LogP contribution in [0.15, 0.2) is 17.5 Å². The summed E-state index contributed by atoms with van der Waals surface area (Å²) in [5.74, 6) is 0.173. The Bertz CT molecular complexity index is 570. The van der Waals surface area contributed by atoms with E-state index in [4.69, 9.17) is 4.74 Å². The van der Waals surface area contributed by atoms with Gasteiger partial charge in [0.2, 0.25) is 0 Å². The van der Waals surface area contributed by atoms with E-state index in [1.165, 1.54) is 17.8 Å². The average molecular weight is 351 g/mol. The molecule has 0 unspecified atom stereocenters. The van der Waals surface area contributed by atoms with E-state index in [9.17, 15) is 14.4 Å². The number of amides is 1. The number of ketones is 1. The topological polar surface area (TPSA) is 72.5 Å². The molecular weight excluding hydrogens is 326 g/mol. The summed E-state index contributed by atoms with van der Waals surface area (Å²) in [6.07, 6.45) is 3.39. The molecule has 0 radical (unpaired) electrons. The second-order valence-corrected chi connectivity index (χ2v) is 7.45. The minimum absolute atomic E-state index is 0.000872. The molecule has 3 atom stereocenters. The van der Waals surface area contributed by atoms with Crippen molar-refractivity contribution in [2.24, 2.45) is 11.8 Å². The number of thiophene rings is 1. The molecule has 1 heterocycles. The number of nitrogens with one attached hydrogen (secondary N) is 1. The normalized spacial score (nSPS) is 23.5. The van der Waals surface area contributed by atoms with Gasteiger partial charge in [0, 0.05) is 12.5 Å². The summed E-state index contributed by atoms with van der Waals surface area (Å²) >= 11 is 1.35. The minimum Gasteiger partial charge on any atom is -0.456 e. The fraction of sp³-hybridized carbons (Fsp3) is 0.611. The summed E-state index contributed by atoms with van der Waals surface area (Å²) in [6, 6.07) is 3.69. The molecule has 1 amide bonds. The van der Waals surface area contributed by atoms with E-state index in [1.54, 1.807) is 12.1 Å². The molecule has 0 saturated heterocycles. The molecule has 0 aliphatic heterocycles. The Hall–Kier alpha value is -1.69. The molecule has 1 saturated carbocycles. The van der Waals surface area contributed by atoms with Gasteiger partial charge in [0.05, 0.1) is 11.3 Å². The van der Waals surface area contributed by atoms with Crippen molar-refractivity contribution in [1.29, 1.82) is 0 Å². The van der Waals surface area contributed by atoms with Crippen molar-refractivity contribution in [3.05, 3.63) is 22.4 Å². The Morgan fingerprint density at radius 2 is 2.04 bits per heavy atom. The van der Waals surface area contributed by atoms with Crippen molar-refractivity contribution in [1.82, 2.24) is 5.32 Å². The molecule has 0 bridgehead atoms. The lowest BCUT2D eigenvalue weighted by Crippen LogP contribution is -2.45. The van der Waals surface area contributed by atoms with Gasteiger partial charge in [-0.1, -0.05) is 32.8 Å². The van der Waals surface area contributed by atoms with E-state index in [0.29, 0.717) is 16.7 Å². The molecule has 6 heteroatoms. The largest absolute Gasteiger partial charge is 0.456 e. The number of hydrogen-bond acceptors (Lipinski definition) is 5. The van der Waals surface area contributed by atoms with Gasteiger partial charge in [-0.05, 0) is 29.7 Å². The summed E-state index contributed by atoms with van der Waals surface area (Å²) < 4.78 is 4.98. The van der Waals surface area contributed by atoms with Gasteiger partial charge in [-0.3, -0.25) is 14.4 Å². The van der Waals surface area contributed by atoms with Crippen LogP contribution in [0.2, 0.25) is 0 Å². The van der Waals surface area contributed by atoms with Gasteiger partial charge in [-0.2, -0.15) is 0 Å². The van der Waals surface area contributed by atoms with Crippen molar-refractivity contribution in [3.63, 3.8) is 0 Å². The van der Waals surface area contributed by atoms with Crippen molar-refractivity contribution in [2.45, 2.75) is 52.0 Å². The summed E-state index contributed by atoms with van der Waals surface area (Å²) in [4.78, 5) is 36.1. The molecule has 1 N–H and O–H groups in total. The van der Waals surface area contributed by atoms with Crippen LogP contribution in [0.25, 0.3) is 0 Å². The standard InChI is InChI=1S/C18H25NO4S/c1-12-5-3-6-14(13(12)2)19-17(21)11-23-18(22)9-8-15(20)16-7-4-10-24-16/h4,7,10,12-14H,3,5-6,8-9,11H2,1-2H3,(H,19,21)/t12-,13+,14-/m0/s1. The Balaban J connectivity index is 1.66. The van der Waals surface area contributed by atoms with E-state index < -0.39 is 5.97 Å². The zero-order valence-electron chi connectivity index (χ0n) is 14.2. The minimum atomic E-state index is -0.514. The van der Waals surface area contributed by atoms with Crippen LogP contribution in [-0.2, 0) is 14.3 Å². The first-order valence-electron chi connectivity index (χ1n) is 8.49. The molecule has 2 rings (SSSR count). The lowest BCUT2D eigenvalue weighted by atomic mass is 9.78. The third kappa shape index (κ3) is 5.44. The summed E-state index contributed by atoms with van der Waals surface area (Å²) in [5, 5.41) is 4.78. The number of hydrogen-bond donors (Lipinski definition) is 1. The maximum Gasteiger partial charge on any atom is 0.306 e. The molecule has 24 heavy (non-hydrogen) atoms. The van der Waals surface area contributed by atoms with Gasteiger partial charge in [0.1, 0.15) is 0 Å². The van der Waals surface area contributed by atoms with Crippen LogP contribution in [0.5, 0.6) is 0 Å². The number of carbonyl (C=O) groups is 3. The first-order valence-corrected chi connectivity index (χ1v) is 9.37. The lowest BCUT2D eigenvalue weighted by Gasteiger charge is -2.34. The monoisotopic (exact) mass is 351 g/mol. The van der Waals surface area contributed by atoms with Gasteiger partial charge in [-0.25, -0.2) is 0 Å². The second-order valence-electron chi connectivity index (χ2n) is 6.50. The van der Waals surface area contributed by atoms with Crippen LogP contribution in [0.3, 0.4) is 0 Å². The predicted molar refractivity (Wildman–Crippen MR) is 93.0 cm³/mol. The summed E-state index contributed by atoms with van der Waals surface area (Å²) in [5.41, 5.74) is 0. The van der Waals surface area contributed by atoms with Crippen LogP contribution >= 0.6 is 11.3 Å². The molecule has 1 aromatic heterocycles. The van der Waals surface area contributed by atoms with Crippen LogP contribution in [0.4, 0.5) is 0 Å². The quantitative estimate of drug-likeness (QED) is 0.605. The van der Waals surface area contributed by atoms with Crippen LogP contribution < -0.4 is 5.32 Å². The van der Waals surface area contributed by atoms with E-state index in [2.05, 4.69) is 19.2 Å². The number of esters is 1. The Labute approximate surface area is 146 Å². The molecule has 1 fully saturated rings. The van der Waals surface area contributed by atoms with Crippen LogP contribution in [0.1, 0.15) is 55.6 Å². The highest BCUT2D eigenvalue weighted by atomic mass is 32.1. The highest BCUT2D eigenvalue weighted by Crippen LogP contribution is 2.29. The Morgan fingerprint density at radius 3 is 2.75 bits per heavy atom. The van der Waals surface area contributed by atoms with Gasteiger partial charge < -0.3 is 10.1 Å². The third-order valence-corrected chi connectivity index (χ3v) is 5.68. The Kier molecular flexibility index (Phi) is 6.97. The molecule has 5 nitrogen and oxygen atoms in total. The number of carbonyl (C=O) groups excluding carboxylic acids is 3. The van der Waals surface area contributed by atoms with E-state index >= 15 is 0 Å². The van der Waals surface area contributed by atoms with Crippen molar-refractivity contribution < 1.29 is 19.1 Å². The van der Waals surface area contributed by atoms with Crippen molar-refractivity contribution >= 4 is 29.0 Å². The number of rotatable bonds is 7. The fourth-order valence-electron chi connectivity index (χ4n) is 3.03.